The summed E-state index contributed by atoms with van der Waals surface area (Å²) in [5.74, 6) is -1.04. The van der Waals surface area contributed by atoms with Crippen LogP contribution >= 0.6 is 0 Å². The topological polar surface area (TPSA) is 78.9 Å². The lowest BCUT2D eigenvalue weighted by Gasteiger charge is -2.18. The first-order valence-corrected chi connectivity index (χ1v) is 30.5. The molecule has 0 N–H and O–H groups in total. The van der Waals surface area contributed by atoms with Crippen molar-refractivity contribution in [2.45, 2.75) is 252 Å². The third kappa shape index (κ3) is 59.9. The molecule has 426 valence electrons. The Kier molecular flexibility index (Phi) is 58.5. The molecule has 0 spiro atoms. The normalized spacial score (nSPS) is 13.2. The Bertz CT molecular complexity index is 1720. The van der Waals surface area contributed by atoms with Crippen LogP contribution in [0.5, 0.6) is 0 Å². The largest absolute Gasteiger partial charge is 0.462 e. The van der Waals surface area contributed by atoms with E-state index in [1.165, 1.54) is 57.8 Å². The number of allylic oxidation sites excluding steroid dienone is 26. The average Bonchev–Trinajstić information content (AvgIpc) is 3.42. The van der Waals surface area contributed by atoms with Crippen LogP contribution in [0.4, 0.5) is 0 Å². The number of ether oxygens (including phenoxy) is 3. The lowest BCUT2D eigenvalue weighted by molar-refractivity contribution is -0.166. The van der Waals surface area contributed by atoms with Gasteiger partial charge in [-0.25, -0.2) is 0 Å². The molecule has 0 aliphatic rings. The number of unbranched alkanes of at least 4 members (excludes halogenated alkanes) is 16. The molecule has 0 fully saturated rings. The van der Waals surface area contributed by atoms with Crippen LogP contribution in [0.25, 0.3) is 0 Å². The van der Waals surface area contributed by atoms with Gasteiger partial charge in [0, 0.05) is 19.3 Å². The Morgan fingerprint density at radius 2 is 0.539 bits per heavy atom. The molecule has 0 aliphatic carbocycles. The molecule has 0 aliphatic heterocycles. The molecule has 0 heterocycles. The number of carbonyl (C=O) groups excluding carboxylic acids is 3. The van der Waals surface area contributed by atoms with Crippen molar-refractivity contribution in [2.24, 2.45) is 0 Å². The quantitative estimate of drug-likeness (QED) is 0.0261. The van der Waals surface area contributed by atoms with Crippen molar-refractivity contribution in [1.29, 1.82) is 0 Å². The summed E-state index contributed by atoms with van der Waals surface area (Å²) in [4.78, 5) is 38.2. The molecule has 0 aromatic heterocycles. The minimum absolute atomic E-state index is 0.123. The van der Waals surface area contributed by atoms with E-state index in [0.29, 0.717) is 19.3 Å². The average molecular weight is 1050 g/mol. The molecule has 6 nitrogen and oxygen atoms in total. The molecule has 0 saturated carbocycles. The van der Waals surface area contributed by atoms with Crippen molar-refractivity contribution in [2.75, 3.05) is 13.2 Å². The second kappa shape index (κ2) is 62.6. The highest BCUT2D eigenvalue weighted by Crippen LogP contribution is 2.13. The Morgan fingerprint density at radius 3 is 0.895 bits per heavy atom. The van der Waals surface area contributed by atoms with Gasteiger partial charge in [-0.05, 0) is 135 Å². The number of carbonyl (C=O) groups is 3. The van der Waals surface area contributed by atoms with Gasteiger partial charge in [-0.3, -0.25) is 14.4 Å². The standard InChI is InChI=1S/C70H110O6/c1-4-7-10-13-16-19-22-25-27-29-30-31-32-33-34-35-36-37-38-39-40-41-43-45-48-51-54-57-60-63-69(72)75-66-67(65-74-68(71)62-59-56-53-50-47-44-24-21-18-15-12-9-6-3)76-70(73)64-61-58-55-52-49-46-42-28-26-23-20-17-14-11-8-5-2/h7,9-10,12,16,18-19,21,25,27-28,30-31,33-34,36-37,39-40,42-45,47,53,56,67H,4-6,8,11,13-15,17,20,22-24,26,29,32,35,38,41,46,48-52,54-55,57-66H2,1-3H3/b10-7-,12-9-,19-16-,21-18-,27-25-,31-30-,34-33-,37-36-,40-39-,42-28-,45-43-,47-44-,56-53-. The van der Waals surface area contributed by atoms with Gasteiger partial charge in [-0.1, -0.05) is 249 Å². The van der Waals surface area contributed by atoms with E-state index in [1.54, 1.807) is 0 Å². The van der Waals surface area contributed by atoms with Gasteiger partial charge < -0.3 is 14.2 Å². The minimum Gasteiger partial charge on any atom is -0.462 e. The molecule has 0 aromatic rings. The van der Waals surface area contributed by atoms with Gasteiger partial charge >= 0.3 is 17.9 Å². The zero-order valence-electron chi connectivity index (χ0n) is 48.7. The van der Waals surface area contributed by atoms with E-state index < -0.39 is 6.10 Å². The number of hydrogen-bond donors (Lipinski definition) is 0. The summed E-state index contributed by atoms with van der Waals surface area (Å²) < 4.78 is 16.8. The summed E-state index contributed by atoms with van der Waals surface area (Å²) in [5.41, 5.74) is 0. The molecule has 1 unspecified atom stereocenters. The summed E-state index contributed by atoms with van der Waals surface area (Å²) >= 11 is 0. The molecule has 0 bridgehead atoms. The highest BCUT2D eigenvalue weighted by Gasteiger charge is 2.19. The van der Waals surface area contributed by atoms with Crippen molar-refractivity contribution in [1.82, 2.24) is 0 Å². The van der Waals surface area contributed by atoms with Crippen molar-refractivity contribution < 1.29 is 28.6 Å². The molecule has 76 heavy (non-hydrogen) atoms. The molecule has 1 atom stereocenters. The molecule has 0 aromatic carbocycles. The molecular formula is C70H110O6. The molecule has 0 radical (unpaired) electrons. The van der Waals surface area contributed by atoms with Crippen LogP contribution in [0.1, 0.15) is 245 Å². The molecular weight excluding hydrogens is 937 g/mol. The van der Waals surface area contributed by atoms with Gasteiger partial charge in [0.25, 0.3) is 0 Å². The van der Waals surface area contributed by atoms with Crippen molar-refractivity contribution in [3.63, 3.8) is 0 Å². The Morgan fingerprint density at radius 1 is 0.276 bits per heavy atom. The van der Waals surface area contributed by atoms with E-state index in [2.05, 4.69) is 167 Å². The van der Waals surface area contributed by atoms with E-state index in [1.807, 2.05) is 12.2 Å². The molecule has 0 saturated heterocycles. The van der Waals surface area contributed by atoms with Crippen LogP contribution in [0.15, 0.2) is 158 Å². The van der Waals surface area contributed by atoms with Gasteiger partial charge in [0.2, 0.25) is 0 Å². The second-order valence-corrected chi connectivity index (χ2v) is 19.5. The SMILES string of the molecule is CC/C=C\C/C=C\C/C=C\C/C=C\C/C=C\C/C=C\C/C=C\C/C=C\CCCCCCC(=O)OCC(COC(=O)CC/C=C\C/C=C\C/C=C\C/C=C\CC)OC(=O)CCCCCCC/C=C\CCCCCCCCC. The van der Waals surface area contributed by atoms with Crippen molar-refractivity contribution in [3.8, 4) is 0 Å². The van der Waals surface area contributed by atoms with Gasteiger partial charge in [-0.15, -0.1) is 0 Å². The predicted molar refractivity (Wildman–Crippen MR) is 329 cm³/mol. The third-order valence-corrected chi connectivity index (χ3v) is 12.3. The van der Waals surface area contributed by atoms with Crippen molar-refractivity contribution >= 4 is 17.9 Å². The van der Waals surface area contributed by atoms with Gasteiger partial charge in [0.1, 0.15) is 13.2 Å². The summed E-state index contributed by atoms with van der Waals surface area (Å²) in [6.45, 7) is 6.30. The third-order valence-electron chi connectivity index (χ3n) is 12.3. The zero-order valence-corrected chi connectivity index (χ0v) is 48.7. The van der Waals surface area contributed by atoms with Crippen LogP contribution in [0.2, 0.25) is 0 Å². The summed E-state index contributed by atoms with van der Waals surface area (Å²) in [6.07, 6.45) is 91.2. The Balaban J connectivity index is 4.45. The van der Waals surface area contributed by atoms with E-state index in [0.717, 1.165) is 141 Å². The monoisotopic (exact) mass is 1050 g/mol. The van der Waals surface area contributed by atoms with E-state index in [-0.39, 0.29) is 37.5 Å². The fourth-order valence-corrected chi connectivity index (χ4v) is 7.76. The van der Waals surface area contributed by atoms with E-state index in [4.69, 9.17) is 14.2 Å². The first-order valence-electron chi connectivity index (χ1n) is 30.5. The maximum atomic E-state index is 12.9. The van der Waals surface area contributed by atoms with Gasteiger partial charge in [0.15, 0.2) is 6.10 Å². The number of hydrogen-bond acceptors (Lipinski definition) is 6. The summed E-state index contributed by atoms with van der Waals surface area (Å²) in [6, 6.07) is 0. The zero-order chi connectivity index (χ0) is 55.0. The van der Waals surface area contributed by atoms with E-state index >= 15 is 0 Å². The fraction of sp³-hybridized carbons (Fsp3) is 0.586. The summed E-state index contributed by atoms with van der Waals surface area (Å²) in [7, 11) is 0. The molecule has 6 heteroatoms. The Hall–Kier alpha value is -4.97. The molecule has 0 rings (SSSR count). The Labute approximate surface area is 467 Å². The first kappa shape index (κ1) is 71.0. The maximum Gasteiger partial charge on any atom is 0.306 e. The first-order chi connectivity index (χ1) is 37.5. The van der Waals surface area contributed by atoms with Crippen molar-refractivity contribution in [3.05, 3.63) is 158 Å². The number of esters is 3. The predicted octanol–water partition coefficient (Wildman–Crippen LogP) is 20.9. The highest BCUT2D eigenvalue weighted by molar-refractivity contribution is 5.71. The van der Waals surface area contributed by atoms with Crippen LogP contribution < -0.4 is 0 Å². The van der Waals surface area contributed by atoms with Crippen LogP contribution in [-0.2, 0) is 28.6 Å². The lowest BCUT2D eigenvalue weighted by atomic mass is 10.1. The van der Waals surface area contributed by atoms with Crippen LogP contribution in [-0.4, -0.2) is 37.2 Å². The van der Waals surface area contributed by atoms with Crippen LogP contribution in [0.3, 0.4) is 0 Å². The second-order valence-electron chi connectivity index (χ2n) is 19.5. The lowest BCUT2D eigenvalue weighted by Crippen LogP contribution is -2.30. The van der Waals surface area contributed by atoms with Crippen LogP contribution in [0, 0.1) is 0 Å². The smallest absolute Gasteiger partial charge is 0.306 e. The minimum atomic E-state index is -0.830. The maximum absolute atomic E-state index is 12.9. The highest BCUT2D eigenvalue weighted by atomic mass is 16.6. The number of rotatable bonds is 53. The van der Waals surface area contributed by atoms with Gasteiger partial charge in [-0.2, -0.15) is 0 Å². The molecule has 0 amide bonds. The fourth-order valence-electron chi connectivity index (χ4n) is 7.76. The van der Waals surface area contributed by atoms with Gasteiger partial charge in [0.05, 0.1) is 0 Å². The van der Waals surface area contributed by atoms with E-state index in [9.17, 15) is 14.4 Å². The summed E-state index contributed by atoms with van der Waals surface area (Å²) in [5, 5.41) is 0.